The van der Waals surface area contributed by atoms with Crippen molar-refractivity contribution in [2.24, 2.45) is 57.7 Å². The Morgan fingerprint density at radius 3 is 2.29 bits per heavy atom. The summed E-state index contributed by atoms with van der Waals surface area (Å²) in [6.07, 6.45) is 16.0. The Labute approximate surface area is 296 Å². The SMILES string of the molecule is CC(C)[C@@H](NC(=O)CC[C@@H](C)[C@H]1CC[C@H]2[C@@H]3CC[C@@H]4CCCC[C@]4(C)[C@H]3CC[C@]12C)C(=O)N1CC[C@](O)(c2ccc(Cl)cc2)C(C)(C)C1. The first-order valence-corrected chi connectivity index (χ1v) is 20.0. The smallest absolute Gasteiger partial charge is 0.245 e. The van der Waals surface area contributed by atoms with Crippen molar-refractivity contribution in [1.82, 2.24) is 10.2 Å². The highest BCUT2D eigenvalue weighted by atomic mass is 35.5. The molecule has 0 unspecified atom stereocenters. The summed E-state index contributed by atoms with van der Waals surface area (Å²) in [6.45, 7) is 16.6. The zero-order valence-corrected chi connectivity index (χ0v) is 31.9. The number of aliphatic hydroxyl groups is 1. The fourth-order valence-corrected chi connectivity index (χ4v) is 12.7. The fourth-order valence-electron chi connectivity index (χ4n) is 12.6. The Bertz CT molecular complexity index is 1330. The summed E-state index contributed by atoms with van der Waals surface area (Å²) in [7, 11) is 0. The van der Waals surface area contributed by atoms with Crippen LogP contribution in [0.3, 0.4) is 0 Å². The number of likely N-dealkylation sites (tertiary alicyclic amines) is 1. The molecule has 4 aliphatic carbocycles. The minimum absolute atomic E-state index is 0.00482. The number of nitrogens with one attached hydrogen (secondary N) is 1. The Morgan fingerprint density at radius 1 is 0.896 bits per heavy atom. The van der Waals surface area contributed by atoms with Crippen LogP contribution in [-0.4, -0.2) is 41.0 Å². The van der Waals surface area contributed by atoms with Crippen LogP contribution < -0.4 is 5.32 Å². The van der Waals surface area contributed by atoms with E-state index in [0.717, 1.165) is 35.7 Å². The monoisotopic (exact) mass is 680 g/mol. The highest BCUT2D eigenvalue weighted by Gasteiger charge is 2.60. The number of carbonyl (C=O) groups is 2. The first kappa shape index (κ1) is 36.2. The first-order chi connectivity index (χ1) is 22.6. The number of hydrogen-bond donors (Lipinski definition) is 2. The molecule has 1 aromatic carbocycles. The number of hydrogen-bond acceptors (Lipinski definition) is 3. The summed E-state index contributed by atoms with van der Waals surface area (Å²) in [4.78, 5) is 29.3. The third-order valence-corrected chi connectivity index (χ3v) is 15.8. The van der Waals surface area contributed by atoms with Crippen molar-refractivity contribution in [2.75, 3.05) is 13.1 Å². The van der Waals surface area contributed by atoms with Gasteiger partial charge in [0.1, 0.15) is 6.04 Å². The number of amides is 2. The average Bonchev–Trinajstić information content (AvgIpc) is 3.40. The van der Waals surface area contributed by atoms with Crippen LogP contribution in [0, 0.1) is 57.7 Å². The molecule has 268 valence electrons. The zero-order valence-electron chi connectivity index (χ0n) is 31.1. The number of rotatable bonds is 8. The molecule has 0 spiro atoms. The number of fused-ring (bicyclic) bond motifs is 5. The van der Waals surface area contributed by atoms with E-state index in [-0.39, 0.29) is 17.7 Å². The van der Waals surface area contributed by atoms with Gasteiger partial charge in [0.15, 0.2) is 0 Å². The number of carbonyl (C=O) groups excluding carboxylic acids is 2. The Kier molecular flexibility index (Phi) is 10.2. The maximum Gasteiger partial charge on any atom is 0.245 e. The van der Waals surface area contributed by atoms with Crippen molar-refractivity contribution in [1.29, 1.82) is 0 Å². The molecule has 5 fully saturated rings. The molecule has 0 radical (unpaired) electrons. The van der Waals surface area contributed by atoms with E-state index < -0.39 is 17.1 Å². The van der Waals surface area contributed by atoms with E-state index in [0.29, 0.717) is 53.6 Å². The Hall–Kier alpha value is -1.59. The minimum atomic E-state index is -1.07. The molecule has 0 aromatic heterocycles. The van der Waals surface area contributed by atoms with Crippen molar-refractivity contribution in [3.8, 4) is 0 Å². The summed E-state index contributed by atoms with van der Waals surface area (Å²) < 4.78 is 0. The number of piperidine rings is 1. The quantitative estimate of drug-likeness (QED) is 0.287. The van der Waals surface area contributed by atoms with Gasteiger partial charge in [-0.3, -0.25) is 9.59 Å². The van der Waals surface area contributed by atoms with E-state index in [1.807, 2.05) is 56.9 Å². The average molecular weight is 681 g/mol. The minimum Gasteiger partial charge on any atom is -0.384 e. The second-order valence-corrected chi connectivity index (χ2v) is 19.1. The van der Waals surface area contributed by atoms with Gasteiger partial charge in [0.25, 0.3) is 0 Å². The first-order valence-electron chi connectivity index (χ1n) is 19.7. The molecule has 1 saturated heterocycles. The highest BCUT2D eigenvalue weighted by Crippen LogP contribution is 2.68. The van der Waals surface area contributed by atoms with Gasteiger partial charge in [-0.15, -0.1) is 0 Å². The van der Waals surface area contributed by atoms with Gasteiger partial charge in [-0.2, -0.15) is 0 Å². The predicted molar refractivity (Wildman–Crippen MR) is 195 cm³/mol. The standard InChI is InChI=1S/C42H65ClN2O3/c1-27(2)37(38(47)45-25-24-42(48,39(4,5)26-45)30-12-15-31(43)16-13-30)44-36(46)20-11-28(3)33-18-19-34-32-17-14-29-10-8-9-22-40(29,6)35(32)21-23-41(33,34)7/h12-13,15-16,27-29,32-35,37,48H,8-11,14,17-26H2,1-7H3,(H,44,46)/t28-,29+,32+,33-,34+,35+,37-,40+,41-,42+/m1/s1. The molecular weight excluding hydrogens is 616 g/mol. The van der Waals surface area contributed by atoms with Crippen LogP contribution in [0.25, 0.3) is 0 Å². The normalized spacial score (nSPS) is 38.8. The van der Waals surface area contributed by atoms with Crippen LogP contribution in [0.5, 0.6) is 0 Å². The van der Waals surface area contributed by atoms with Crippen molar-refractivity contribution >= 4 is 23.4 Å². The van der Waals surface area contributed by atoms with Crippen LogP contribution in [0.4, 0.5) is 0 Å². The largest absolute Gasteiger partial charge is 0.384 e. The van der Waals surface area contributed by atoms with Gasteiger partial charge < -0.3 is 15.3 Å². The molecule has 1 aliphatic heterocycles. The van der Waals surface area contributed by atoms with Gasteiger partial charge in [0.05, 0.1) is 5.60 Å². The molecule has 5 nitrogen and oxygen atoms in total. The number of benzene rings is 1. The van der Waals surface area contributed by atoms with Gasteiger partial charge in [0, 0.05) is 29.9 Å². The van der Waals surface area contributed by atoms with Crippen molar-refractivity contribution in [3.05, 3.63) is 34.9 Å². The van der Waals surface area contributed by atoms with Crippen LogP contribution >= 0.6 is 11.6 Å². The molecule has 6 heteroatoms. The molecule has 6 rings (SSSR count). The van der Waals surface area contributed by atoms with E-state index in [9.17, 15) is 14.7 Å². The van der Waals surface area contributed by atoms with E-state index in [1.165, 1.54) is 64.2 Å². The van der Waals surface area contributed by atoms with Crippen LogP contribution in [0.2, 0.25) is 5.02 Å². The van der Waals surface area contributed by atoms with Crippen molar-refractivity contribution < 1.29 is 14.7 Å². The zero-order chi connectivity index (χ0) is 34.6. The van der Waals surface area contributed by atoms with Gasteiger partial charge in [-0.25, -0.2) is 0 Å². The Morgan fingerprint density at radius 2 is 1.60 bits per heavy atom. The van der Waals surface area contributed by atoms with Crippen molar-refractivity contribution in [2.45, 2.75) is 144 Å². The molecule has 1 aromatic rings. The lowest BCUT2D eigenvalue weighted by Gasteiger charge is -2.61. The van der Waals surface area contributed by atoms with Crippen molar-refractivity contribution in [3.63, 3.8) is 0 Å². The Balaban J connectivity index is 1.04. The predicted octanol–water partition coefficient (Wildman–Crippen LogP) is 9.39. The molecule has 5 aliphatic rings. The lowest BCUT2D eigenvalue weighted by molar-refractivity contribution is -0.156. The maximum atomic E-state index is 13.9. The van der Waals surface area contributed by atoms with Gasteiger partial charge >= 0.3 is 0 Å². The second-order valence-electron chi connectivity index (χ2n) is 18.7. The van der Waals surface area contributed by atoms with E-state index in [4.69, 9.17) is 11.6 Å². The third kappa shape index (κ3) is 6.28. The van der Waals surface area contributed by atoms with Gasteiger partial charge in [-0.1, -0.05) is 85.0 Å². The molecule has 1 heterocycles. The van der Waals surface area contributed by atoms with Crippen LogP contribution in [0.1, 0.15) is 138 Å². The summed E-state index contributed by atoms with van der Waals surface area (Å²) in [5.41, 5.74) is 0.172. The van der Waals surface area contributed by atoms with E-state index in [1.54, 1.807) is 0 Å². The number of nitrogens with zero attached hydrogens (tertiary/aromatic N) is 1. The molecular formula is C42H65ClN2O3. The molecule has 48 heavy (non-hydrogen) atoms. The third-order valence-electron chi connectivity index (χ3n) is 15.5. The van der Waals surface area contributed by atoms with Crippen LogP contribution in [-0.2, 0) is 15.2 Å². The van der Waals surface area contributed by atoms with Crippen LogP contribution in [0.15, 0.2) is 24.3 Å². The molecule has 2 N–H and O–H groups in total. The molecule has 4 saturated carbocycles. The lowest BCUT2D eigenvalue weighted by atomic mass is 9.44. The molecule has 2 amide bonds. The molecule has 10 atom stereocenters. The maximum absolute atomic E-state index is 13.9. The van der Waals surface area contributed by atoms with E-state index >= 15 is 0 Å². The summed E-state index contributed by atoms with van der Waals surface area (Å²) >= 11 is 6.12. The topological polar surface area (TPSA) is 69.6 Å². The lowest BCUT2D eigenvalue weighted by Crippen LogP contribution is -2.60. The summed E-state index contributed by atoms with van der Waals surface area (Å²) in [6, 6.07) is 6.83. The fraction of sp³-hybridized carbons (Fsp3) is 0.810. The van der Waals surface area contributed by atoms with Gasteiger partial charge in [0.2, 0.25) is 11.8 Å². The number of halogens is 1. The van der Waals surface area contributed by atoms with E-state index in [2.05, 4.69) is 26.1 Å². The molecule has 0 bridgehead atoms. The summed E-state index contributed by atoms with van der Waals surface area (Å²) in [5, 5.41) is 15.6. The second kappa shape index (κ2) is 13.5. The summed E-state index contributed by atoms with van der Waals surface area (Å²) in [5.74, 6) is 4.77. The highest BCUT2D eigenvalue weighted by molar-refractivity contribution is 6.30. The van der Waals surface area contributed by atoms with Gasteiger partial charge in [-0.05, 0) is 134 Å².